The Labute approximate surface area is 108 Å². The average Bonchev–Trinajstić information content (AvgIpc) is 3.14. The first-order valence-corrected chi connectivity index (χ1v) is 6.93. The normalized spacial score (nSPS) is 42.6. The SMILES string of the molecule is COC(=O)C12CC3(COCCCCCO)CC31C2. The van der Waals surface area contributed by atoms with Gasteiger partial charge in [0.2, 0.25) is 0 Å². The Morgan fingerprint density at radius 2 is 2.06 bits per heavy atom. The summed E-state index contributed by atoms with van der Waals surface area (Å²) >= 11 is 0. The molecule has 0 bridgehead atoms. The minimum Gasteiger partial charge on any atom is -0.469 e. The van der Waals surface area contributed by atoms with Gasteiger partial charge in [-0.1, -0.05) is 0 Å². The van der Waals surface area contributed by atoms with E-state index in [4.69, 9.17) is 14.6 Å². The van der Waals surface area contributed by atoms with E-state index in [9.17, 15) is 4.79 Å². The number of aliphatic hydroxyl groups is 1. The number of ether oxygens (including phenoxy) is 2. The van der Waals surface area contributed by atoms with Crippen molar-refractivity contribution in [2.75, 3.05) is 26.9 Å². The van der Waals surface area contributed by atoms with Gasteiger partial charge in [-0.3, -0.25) is 4.79 Å². The first kappa shape index (κ1) is 12.4. The summed E-state index contributed by atoms with van der Waals surface area (Å²) in [4.78, 5) is 11.7. The Kier molecular flexibility index (Phi) is 2.72. The molecule has 1 N–H and O–H groups in total. The van der Waals surface area contributed by atoms with Gasteiger partial charge in [0.05, 0.1) is 19.1 Å². The van der Waals surface area contributed by atoms with Gasteiger partial charge in [0.1, 0.15) is 0 Å². The van der Waals surface area contributed by atoms with Crippen LogP contribution in [0.4, 0.5) is 0 Å². The molecule has 0 heterocycles. The monoisotopic (exact) mass is 254 g/mol. The summed E-state index contributed by atoms with van der Waals surface area (Å²) in [7, 11) is 1.49. The minimum atomic E-state index is -0.109. The molecular weight excluding hydrogens is 232 g/mol. The van der Waals surface area contributed by atoms with E-state index in [-0.39, 0.29) is 23.4 Å². The number of carbonyl (C=O) groups excluding carboxylic acids is 1. The second-order valence-electron chi connectivity index (χ2n) is 6.30. The number of hydrogen-bond donors (Lipinski definition) is 1. The van der Waals surface area contributed by atoms with E-state index in [1.807, 2.05) is 0 Å². The van der Waals surface area contributed by atoms with Crippen LogP contribution in [0, 0.1) is 16.2 Å². The van der Waals surface area contributed by atoms with Gasteiger partial charge in [0.25, 0.3) is 0 Å². The van der Waals surface area contributed by atoms with Crippen molar-refractivity contribution in [3.8, 4) is 0 Å². The summed E-state index contributed by atoms with van der Waals surface area (Å²) in [5.41, 5.74) is 0.484. The van der Waals surface area contributed by atoms with Crippen LogP contribution < -0.4 is 0 Å². The first-order chi connectivity index (χ1) is 8.66. The van der Waals surface area contributed by atoms with E-state index in [0.29, 0.717) is 5.41 Å². The second-order valence-corrected chi connectivity index (χ2v) is 6.30. The minimum absolute atomic E-state index is 0.00132. The Hall–Kier alpha value is -0.610. The predicted octanol–water partition coefficient (Wildman–Crippen LogP) is 1.51. The Balaban J connectivity index is 1.37. The maximum Gasteiger partial charge on any atom is 0.312 e. The number of methoxy groups -OCH3 is 1. The summed E-state index contributed by atoms with van der Waals surface area (Å²) in [6, 6.07) is 0. The van der Waals surface area contributed by atoms with Crippen LogP contribution in [0.2, 0.25) is 0 Å². The lowest BCUT2D eigenvalue weighted by molar-refractivity contribution is -0.153. The molecular formula is C14H22O4. The third kappa shape index (κ3) is 1.36. The summed E-state index contributed by atoms with van der Waals surface area (Å²) < 4.78 is 10.6. The number of aliphatic hydroxyl groups excluding tert-OH is 1. The standard InChI is InChI=1S/C14H22O4/c1-17-11(16)13-7-12(8-14(12,13)9-13)10-18-6-4-2-3-5-15/h15H,2-10H2,1H3. The molecule has 3 aliphatic carbocycles. The molecule has 0 aliphatic heterocycles. The quantitative estimate of drug-likeness (QED) is 0.527. The molecule has 0 amide bonds. The highest BCUT2D eigenvalue weighted by atomic mass is 16.5. The van der Waals surface area contributed by atoms with Crippen LogP contribution in [0.5, 0.6) is 0 Å². The van der Waals surface area contributed by atoms with Crippen molar-refractivity contribution < 1.29 is 19.4 Å². The molecule has 0 aromatic carbocycles. The van der Waals surface area contributed by atoms with Crippen LogP contribution in [-0.4, -0.2) is 38.0 Å². The fourth-order valence-electron chi connectivity index (χ4n) is 4.40. The van der Waals surface area contributed by atoms with E-state index in [1.165, 1.54) is 7.11 Å². The summed E-state index contributed by atoms with van der Waals surface area (Å²) in [6.45, 7) is 1.86. The van der Waals surface area contributed by atoms with Gasteiger partial charge in [-0.15, -0.1) is 0 Å². The number of rotatable bonds is 8. The molecule has 0 saturated heterocycles. The lowest BCUT2D eigenvalue weighted by Gasteiger charge is -2.31. The maximum absolute atomic E-state index is 11.7. The second kappa shape index (κ2) is 3.94. The molecule has 4 heteroatoms. The zero-order chi connectivity index (χ0) is 12.9. The summed E-state index contributed by atoms with van der Waals surface area (Å²) in [5, 5.41) is 8.66. The van der Waals surface area contributed by atoms with Gasteiger partial charge in [-0.25, -0.2) is 0 Å². The number of unbranched alkanes of at least 4 members (excludes halogenated alkanes) is 2. The Morgan fingerprint density at radius 1 is 1.22 bits per heavy atom. The summed E-state index contributed by atoms with van der Waals surface area (Å²) in [6.07, 6.45) is 6.08. The molecule has 3 fully saturated rings. The third-order valence-corrected chi connectivity index (χ3v) is 5.47. The van der Waals surface area contributed by atoms with Crippen LogP contribution >= 0.6 is 0 Å². The largest absolute Gasteiger partial charge is 0.469 e. The number of carbonyl (C=O) groups is 1. The topological polar surface area (TPSA) is 55.8 Å². The fraction of sp³-hybridized carbons (Fsp3) is 0.929. The fourth-order valence-corrected chi connectivity index (χ4v) is 4.40. The van der Waals surface area contributed by atoms with E-state index >= 15 is 0 Å². The van der Waals surface area contributed by atoms with Gasteiger partial charge in [-0.2, -0.15) is 0 Å². The molecule has 18 heavy (non-hydrogen) atoms. The molecule has 3 saturated carbocycles. The van der Waals surface area contributed by atoms with E-state index < -0.39 is 0 Å². The highest BCUT2D eigenvalue weighted by Crippen LogP contribution is 3.00. The van der Waals surface area contributed by atoms with E-state index in [2.05, 4.69) is 0 Å². The molecule has 0 aromatic rings. The molecule has 3 aliphatic rings. The van der Waals surface area contributed by atoms with E-state index in [0.717, 1.165) is 51.7 Å². The molecule has 0 radical (unpaired) electrons. The van der Waals surface area contributed by atoms with Gasteiger partial charge in [0, 0.05) is 18.6 Å². The molecule has 102 valence electrons. The average molecular weight is 254 g/mol. The molecule has 0 aromatic heterocycles. The highest BCUT2D eigenvalue weighted by Gasteiger charge is 2.99. The van der Waals surface area contributed by atoms with Crippen molar-refractivity contribution in [1.29, 1.82) is 0 Å². The Morgan fingerprint density at radius 3 is 2.72 bits per heavy atom. The van der Waals surface area contributed by atoms with Crippen LogP contribution in [0.3, 0.4) is 0 Å². The lowest BCUT2D eigenvalue weighted by Crippen LogP contribution is -2.36. The van der Waals surface area contributed by atoms with Crippen molar-refractivity contribution in [2.45, 2.75) is 38.5 Å². The van der Waals surface area contributed by atoms with Crippen molar-refractivity contribution in [2.24, 2.45) is 16.2 Å². The van der Waals surface area contributed by atoms with Crippen molar-refractivity contribution in [3.63, 3.8) is 0 Å². The number of hydrogen-bond acceptors (Lipinski definition) is 4. The van der Waals surface area contributed by atoms with E-state index in [1.54, 1.807) is 0 Å². The number of esters is 1. The van der Waals surface area contributed by atoms with Gasteiger partial charge < -0.3 is 14.6 Å². The summed E-state index contributed by atoms with van der Waals surface area (Å²) in [5.74, 6) is -0.00132. The molecule has 1 spiro atoms. The smallest absolute Gasteiger partial charge is 0.312 e. The zero-order valence-corrected chi connectivity index (χ0v) is 11.0. The highest BCUT2D eigenvalue weighted by molar-refractivity contribution is 5.87. The van der Waals surface area contributed by atoms with Crippen molar-refractivity contribution in [3.05, 3.63) is 0 Å². The van der Waals surface area contributed by atoms with Gasteiger partial charge >= 0.3 is 5.97 Å². The molecule has 3 atom stereocenters. The van der Waals surface area contributed by atoms with Crippen LogP contribution in [0.25, 0.3) is 0 Å². The van der Waals surface area contributed by atoms with Crippen LogP contribution in [0.15, 0.2) is 0 Å². The molecule has 3 rings (SSSR count). The van der Waals surface area contributed by atoms with Crippen molar-refractivity contribution >= 4 is 5.97 Å². The van der Waals surface area contributed by atoms with Crippen LogP contribution in [-0.2, 0) is 14.3 Å². The van der Waals surface area contributed by atoms with Gasteiger partial charge in [-0.05, 0) is 43.9 Å². The third-order valence-electron chi connectivity index (χ3n) is 5.47. The molecule has 3 unspecified atom stereocenters. The van der Waals surface area contributed by atoms with Crippen molar-refractivity contribution in [1.82, 2.24) is 0 Å². The van der Waals surface area contributed by atoms with Crippen LogP contribution in [0.1, 0.15) is 38.5 Å². The first-order valence-electron chi connectivity index (χ1n) is 6.93. The zero-order valence-electron chi connectivity index (χ0n) is 11.0. The predicted molar refractivity (Wildman–Crippen MR) is 64.9 cm³/mol. The maximum atomic E-state index is 11.7. The Bertz CT molecular complexity index is 369. The molecule has 4 nitrogen and oxygen atoms in total. The van der Waals surface area contributed by atoms with Gasteiger partial charge in [0.15, 0.2) is 0 Å². The lowest BCUT2D eigenvalue weighted by atomic mass is 9.75.